The van der Waals surface area contributed by atoms with Crippen LogP contribution in [0.15, 0.2) is 36.4 Å². The smallest absolute Gasteiger partial charge is 0.264 e. The summed E-state index contributed by atoms with van der Waals surface area (Å²) < 4.78 is 5.52. The molecule has 0 bridgehead atoms. The first-order valence-corrected chi connectivity index (χ1v) is 10.6. The summed E-state index contributed by atoms with van der Waals surface area (Å²) in [6.45, 7) is 10.0. The van der Waals surface area contributed by atoms with Crippen molar-refractivity contribution in [3.05, 3.63) is 41.3 Å². The van der Waals surface area contributed by atoms with Crippen molar-refractivity contribution >= 4 is 22.2 Å². The lowest BCUT2D eigenvalue weighted by atomic mass is 10.1. The van der Waals surface area contributed by atoms with Gasteiger partial charge < -0.3 is 19.4 Å². The lowest BCUT2D eigenvalue weighted by molar-refractivity contribution is 0.0648. The van der Waals surface area contributed by atoms with Gasteiger partial charge in [-0.2, -0.15) is 0 Å². The number of likely N-dealkylation sites (N-methyl/N-ethyl adjacent to an activating group) is 1. The van der Waals surface area contributed by atoms with Crippen LogP contribution in [0.1, 0.15) is 16.6 Å². The molecule has 0 N–H and O–H groups in total. The fourth-order valence-electron chi connectivity index (χ4n) is 3.74. The van der Waals surface area contributed by atoms with E-state index in [1.54, 1.807) is 11.3 Å². The van der Waals surface area contributed by atoms with Crippen LogP contribution in [0.5, 0.6) is 0 Å². The van der Waals surface area contributed by atoms with E-state index >= 15 is 0 Å². The first-order chi connectivity index (χ1) is 13.3. The fraction of sp³-hybridized carbons (Fsp3) is 0.476. The SMILES string of the molecule is CCN1CCN(C(=O)c2cc(-c3ccccc3)c(N3CCOCC3)s2)CC1. The summed E-state index contributed by atoms with van der Waals surface area (Å²) in [6.07, 6.45) is 0. The lowest BCUT2D eigenvalue weighted by Gasteiger charge is -2.33. The molecule has 2 aliphatic rings. The Morgan fingerprint density at radius 2 is 1.74 bits per heavy atom. The first-order valence-electron chi connectivity index (χ1n) is 9.80. The van der Waals surface area contributed by atoms with Crippen molar-refractivity contribution in [3.63, 3.8) is 0 Å². The van der Waals surface area contributed by atoms with Gasteiger partial charge in [-0.25, -0.2) is 0 Å². The minimum Gasteiger partial charge on any atom is -0.378 e. The number of carbonyl (C=O) groups is 1. The maximum absolute atomic E-state index is 13.1. The van der Waals surface area contributed by atoms with Gasteiger partial charge in [0.05, 0.1) is 23.1 Å². The number of hydrogen-bond donors (Lipinski definition) is 0. The highest BCUT2D eigenvalue weighted by Gasteiger charge is 2.26. The quantitative estimate of drug-likeness (QED) is 0.811. The number of rotatable bonds is 4. The molecule has 0 atom stereocenters. The molecule has 0 saturated carbocycles. The third-order valence-electron chi connectivity index (χ3n) is 5.41. The van der Waals surface area contributed by atoms with Gasteiger partial charge in [0, 0.05) is 44.8 Å². The Morgan fingerprint density at radius 1 is 1.04 bits per heavy atom. The second kappa shape index (κ2) is 8.42. The van der Waals surface area contributed by atoms with Crippen LogP contribution in [-0.4, -0.2) is 74.7 Å². The molecular formula is C21H27N3O2S. The molecule has 0 unspecified atom stereocenters. The molecule has 2 aromatic rings. The highest BCUT2D eigenvalue weighted by atomic mass is 32.1. The molecule has 2 aliphatic heterocycles. The zero-order valence-electron chi connectivity index (χ0n) is 15.9. The van der Waals surface area contributed by atoms with Crippen LogP contribution in [0.2, 0.25) is 0 Å². The molecular weight excluding hydrogens is 358 g/mol. The van der Waals surface area contributed by atoms with Crippen LogP contribution < -0.4 is 4.90 Å². The van der Waals surface area contributed by atoms with Crippen LogP contribution in [-0.2, 0) is 4.74 Å². The summed E-state index contributed by atoms with van der Waals surface area (Å²) >= 11 is 1.63. The molecule has 27 heavy (non-hydrogen) atoms. The summed E-state index contributed by atoms with van der Waals surface area (Å²) in [5.74, 6) is 0.174. The molecule has 2 fully saturated rings. The summed E-state index contributed by atoms with van der Waals surface area (Å²) in [5.41, 5.74) is 2.34. The van der Waals surface area contributed by atoms with Crippen LogP contribution in [0.25, 0.3) is 11.1 Å². The standard InChI is InChI=1S/C21H27N3O2S/c1-2-22-8-10-23(11-9-22)20(25)19-16-18(17-6-4-3-5-7-17)21(27-19)24-12-14-26-15-13-24/h3-7,16H,2,8-15H2,1H3. The van der Waals surface area contributed by atoms with Crippen molar-refractivity contribution in [2.24, 2.45) is 0 Å². The van der Waals surface area contributed by atoms with Crippen molar-refractivity contribution in [3.8, 4) is 11.1 Å². The normalized spacial score (nSPS) is 18.7. The van der Waals surface area contributed by atoms with Gasteiger partial charge in [-0.05, 0) is 18.2 Å². The van der Waals surface area contributed by atoms with Crippen LogP contribution in [0.3, 0.4) is 0 Å². The molecule has 4 rings (SSSR count). The van der Waals surface area contributed by atoms with Gasteiger partial charge in [-0.15, -0.1) is 11.3 Å². The Kier molecular flexibility index (Phi) is 5.76. The summed E-state index contributed by atoms with van der Waals surface area (Å²) in [7, 11) is 0. The Bertz CT molecular complexity index is 763. The molecule has 1 amide bonds. The predicted octanol–water partition coefficient (Wildman–Crippen LogP) is 3.03. The highest BCUT2D eigenvalue weighted by Crippen LogP contribution is 2.39. The monoisotopic (exact) mass is 385 g/mol. The van der Waals surface area contributed by atoms with E-state index in [2.05, 4.69) is 47.1 Å². The average Bonchev–Trinajstić information content (AvgIpc) is 3.20. The van der Waals surface area contributed by atoms with Gasteiger partial charge in [0.1, 0.15) is 0 Å². The van der Waals surface area contributed by atoms with Crippen molar-refractivity contribution in [1.82, 2.24) is 9.80 Å². The van der Waals surface area contributed by atoms with Crippen LogP contribution >= 0.6 is 11.3 Å². The van der Waals surface area contributed by atoms with Crippen molar-refractivity contribution < 1.29 is 9.53 Å². The van der Waals surface area contributed by atoms with E-state index in [9.17, 15) is 4.79 Å². The van der Waals surface area contributed by atoms with Crippen LogP contribution in [0.4, 0.5) is 5.00 Å². The number of morpholine rings is 1. The molecule has 2 saturated heterocycles. The third-order valence-corrected chi connectivity index (χ3v) is 6.60. The number of ether oxygens (including phenoxy) is 1. The molecule has 0 aliphatic carbocycles. The number of benzene rings is 1. The molecule has 1 aromatic heterocycles. The van der Waals surface area contributed by atoms with E-state index in [0.717, 1.165) is 69.5 Å². The molecule has 1 aromatic carbocycles. The number of hydrogen-bond acceptors (Lipinski definition) is 5. The Balaban J connectivity index is 1.61. The number of nitrogens with zero attached hydrogens (tertiary/aromatic N) is 3. The van der Waals surface area contributed by atoms with E-state index in [1.807, 2.05) is 11.0 Å². The molecule has 5 nitrogen and oxygen atoms in total. The molecule has 144 valence electrons. The maximum atomic E-state index is 13.1. The van der Waals surface area contributed by atoms with E-state index < -0.39 is 0 Å². The van der Waals surface area contributed by atoms with E-state index in [0.29, 0.717) is 0 Å². The topological polar surface area (TPSA) is 36.0 Å². The summed E-state index contributed by atoms with van der Waals surface area (Å²) in [5, 5.41) is 1.19. The Morgan fingerprint density at radius 3 is 2.41 bits per heavy atom. The first kappa shape index (κ1) is 18.5. The van der Waals surface area contributed by atoms with Gasteiger partial charge >= 0.3 is 0 Å². The average molecular weight is 386 g/mol. The summed E-state index contributed by atoms with van der Waals surface area (Å²) in [4.78, 5) is 20.8. The number of piperazine rings is 1. The van der Waals surface area contributed by atoms with Gasteiger partial charge in [0.25, 0.3) is 5.91 Å². The lowest BCUT2D eigenvalue weighted by Crippen LogP contribution is -2.48. The van der Waals surface area contributed by atoms with Crippen molar-refractivity contribution in [1.29, 1.82) is 0 Å². The highest BCUT2D eigenvalue weighted by molar-refractivity contribution is 7.18. The van der Waals surface area contributed by atoms with E-state index in [1.165, 1.54) is 10.6 Å². The van der Waals surface area contributed by atoms with E-state index in [-0.39, 0.29) is 5.91 Å². The van der Waals surface area contributed by atoms with Gasteiger partial charge in [0.2, 0.25) is 0 Å². The molecule has 3 heterocycles. The number of thiophene rings is 1. The number of carbonyl (C=O) groups excluding carboxylic acids is 1. The maximum Gasteiger partial charge on any atom is 0.264 e. The number of anilines is 1. The Hall–Kier alpha value is -1.89. The second-order valence-corrected chi connectivity index (χ2v) is 8.05. The van der Waals surface area contributed by atoms with Crippen molar-refractivity contribution in [2.45, 2.75) is 6.92 Å². The third kappa shape index (κ3) is 4.03. The van der Waals surface area contributed by atoms with Gasteiger partial charge in [-0.3, -0.25) is 4.79 Å². The van der Waals surface area contributed by atoms with Gasteiger partial charge in [-0.1, -0.05) is 37.3 Å². The minimum absolute atomic E-state index is 0.174. The second-order valence-electron chi connectivity index (χ2n) is 7.02. The van der Waals surface area contributed by atoms with Crippen molar-refractivity contribution in [2.75, 3.05) is 63.9 Å². The molecule has 0 spiro atoms. The zero-order valence-corrected chi connectivity index (χ0v) is 16.7. The summed E-state index contributed by atoms with van der Waals surface area (Å²) in [6, 6.07) is 12.5. The predicted molar refractivity (Wildman–Crippen MR) is 111 cm³/mol. The Labute approximate surface area is 165 Å². The minimum atomic E-state index is 0.174. The largest absolute Gasteiger partial charge is 0.378 e. The molecule has 6 heteroatoms. The van der Waals surface area contributed by atoms with Gasteiger partial charge in [0.15, 0.2) is 0 Å². The van der Waals surface area contributed by atoms with E-state index in [4.69, 9.17) is 4.74 Å². The molecule has 0 radical (unpaired) electrons. The van der Waals surface area contributed by atoms with Crippen LogP contribution in [0, 0.1) is 0 Å². The number of amides is 1. The zero-order chi connectivity index (χ0) is 18.6. The fourth-order valence-corrected chi connectivity index (χ4v) is 4.94.